The summed E-state index contributed by atoms with van der Waals surface area (Å²) in [4.78, 5) is 9.82. The summed E-state index contributed by atoms with van der Waals surface area (Å²) in [6.07, 6.45) is 0. The van der Waals surface area contributed by atoms with Gasteiger partial charge in [0.05, 0.1) is 6.61 Å². The lowest BCUT2D eigenvalue weighted by Crippen LogP contribution is -1.95. The molecule has 0 aliphatic carbocycles. The predicted octanol–water partition coefficient (Wildman–Crippen LogP) is 1.15. The molecule has 0 heterocycles. The van der Waals surface area contributed by atoms with Crippen molar-refractivity contribution in [3.63, 3.8) is 0 Å². The van der Waals surface area contributed by atoms with Crippen LogP contribution in [-0.2, 0) is 9.53 Å². The maximum atomic E-state index is 9.82. The quantitative estimate of drug-likeness (QED) is 0.550. The van der Waals surface area contributed by atoms with E-state index in [4.69, 9.17) is 0 Å². The van der Waals surface area contributed by atoms with Crippen LogP contribution in [-0.4, -0.2) is 12.6 Å². The fourth-order valence-corrected chi connectivity index (χ4v) is 0.203. The Labute approximate surface area is 53.6 Å². The van der Waals surface area contributed by atoms with Crippen molar-refractivity contribution in [3.05, 3.63) is 0 Å². The number of carbonyl (C=O) groups is 1. The minimum atomic E-state index is -0.211. The zero-order valence-electron chi connectivity index (χ0n) is 4.43. The largest absolute Gasteiger partial charge is 0.466 e. The van der Waals surface area contributed by atoms with Crippen LogP contribution in [0.2, 0.25) is 0 Å². The summed E-state index contributed by atoms with van der Waals surface area (Å²) in [5.41, 5.74) is 0. The van der Waals surface area contributed by atoms with Crippen molar-refractivity contribution in [2.24, 2.45) is 0 Å². The Morgan fingerprint density at radius 2 is 2.14 bits per heavy atom. The van der Waals surface area contributed by atoms with E-state index in [1.54, 1.807) is 6.92 Å². The first kappa shape index (κ1) is 10.0. The Bertz CT molecular complexity index is 53.7. The molecule has 0 aliphatic heterocycles. The molecule has 0 atom stereocenters. The lowest BCUT2D eigenvalue weighted by atomic mass is 10.8. The summed E-state index contributed by atoms with van der Waals surface area (Å²) in [7, 11) is 0. The molecule has 0 aromatic carbocycles. The molecule has 3 heteroatoms. The van der Waals surface area contributed by atoms with Gasteiger partial charge in [-0.1, -0.05) is 0 Å². The number of halogens is 1. The zero-order valence-corrected chi connectivity index (χ0v) is 6.14. The molecule has 0 fully saturated rings. The van der Waals surface area contributed by atoms with E-state index in [2.05, 4.69) is 4.74 Å². The van der Waals surface area contributed by atoms with Crippen molar-refractivity contribution in [1.82, 2.24) is 0 Å². The van der Waals surface area contributed by atoms with E-state index in [9.17, 15) is 4.79 Å². The highest BCUT2D eigenvalue weighted by atomic mass is 79.9. The molecule has 0 unspecified atom stereocenters. The Hall–Kier alpha value is -0.0500. The molecular formula is C4H9BrO2. The molecule has 0 aromatic heterocycles. The summed E-state index contributed by atoms with van der Waals surface area (Å²) in [6, 6.07) is 0. The smallest absolute Gasteiger partial charge is 0.302 e. The molecule has 0 aliphatic rings. The average molecular weight is 169 g/mol. The van der Waals surface area contributed by atoms with Crippen LogP contribution < -0.4 is 0 Å². The van der Waals surface area contributed by atoms with Gasteiger partial charge in [-0.15, -0.1) is 17.0 Å². The van der Waals surface area contributed by atoms with E-state index in [1.165, 1.54) is 6.92 Å². The van der Waals surface area contributed by atoms with E-state index in [0.717, 1.165) is 0 Å². The van der Waals surface area contributed by atoms with Crippen LogP contribution in [0.25, 0.3) is 0 Å². The SMILES string of the molecule is Br.CCOC(C)=O. The van der Waals surface area contributed by atoms with E-state index in [1.807, 2.05) is 0 Å². The summed E-state index contributed by atoms with van der Waals surface area (Å²) < 4.78 is 4.40. The topological polar surface area (TPSA) is 26.3 Å². The second-order valence-electron chi connectivity index (χ2n) is 0.925. The van der Waals surface area contributed by atoms with Crippen molar-refractivity contribution in [3.8, 4) is 0 Å². The van der Waals surface area contributed by atoms with E-state index in [-0.39, 0.29) is 23.0 Å². The van der Waals surface area contributed by atoms with Gasteiger partial charge in [-0.2, -0.15) is 0 Å². The molecule has 0 rings (SSSR count). The molecule has 2 nitrogen and oxygen atoms in total. The van der Waals surface area contributed by atoms with Crippen LogP contribution in [0.4, 0.5) is 0 Å². The number of ether oxygens (including phenoxy) is 1. The third-order valence-electron chi connectivity index (χ3n) is 0.348. The van der Waals surface area contributed by atoms with Crippen LogP contribution in [0, 0.1) is 0 Å². The van der Waals surface area contributed by atoms with Gasteiger partial charge in [-0.25, -0.2) is 0 Å². The molecule has 44 valence electrons. The molecule has 0 radical (unpaired) electrons. The normalized spacial score (nSPS) is 6.57. The second-order valence-corrected chi connectivity index (χ2v) is 0.925. The van der Waals surface area contributed by atoms with Crippen molar-refractivity contribution in [1.29, 1.82) is 0 Å². The number of carbonyl (C=O) groups excluding carboxylic acids is 1. The highest BCUT2D eigenvalue weighted by Crippen LogP contribution is 1.69. The van der Waals surface area contributed by atoms with Gasteiger partial charge in [0.1, 0.15) is 0 Å². The van der Waals surface area contributed by atoms with Crippen LogP contribution in [0.5, 0.6) is 0 Å². The van der Waals surface area contributed by atoms with Gasteiger partial charge in [0, 0.05) is 6.92 Å². The summed E-state index contributed by atoms with van der Waals surface area (Å²) in [6.45, 7) is 3.65. The standard InChI is InChI=1S/C4H8O2.BrH/c1-3-6-4(2)5;/h3H2,1-2H3;1H. The minimum absolute atomic E-state index is 0. The van der Waals surface area contributed by atoms with Gasteiger partial charge in [-0.05, 0) is 6.92 Å². The molecule has 0 spiro atoms. The number of hydrogen-bond acceptors (Lipinski definition) is 2. The van der Waals surface area contributed by atoms with Crippen LogP contribution >= 0.6 is 17.0 Å². The number of rotatable bonds is 1. The van der Waals surface area contributed by atoms with Gasteiger partial charge in [0.25, 0.3) is 0 Å². The lowest BCUT2D eigenvalue weighted by Gasteiger charge is -1.89. The lowest BCUT2D eigenvalue weighted by molar-refractivity contribution is -0.140. The average Bonchev–Trinajstić information content (AvgIpc) is 1.35. The highest BCUT2D eigenvalue weighted by molar-refractivity contribution is 8.93. The van der Waals surface area contributed by atoms with Crippen LogP contribution in [0.1, 0.15) is 13.8 Å². The Kier molecular flexibility index (Phi) is 8.54. The molecule has 0 saturated carbocycles. The Balaban J connectivity index is 0. The first-order valence-electron chi connectivity index (χ1n) is 1.90. The Morgan fingerprint density at radius 1 is 1.71 bits per heavy atom. The van der Waals surface area contributed by atoms with E-state index >= 15 is 0 Å². The molecule has 7 heavy (non-hydrogen) atoms. The fourth-order valence-electron chi connectivity index (χ4n) is 0.203. The van der Waals surface area contributed by atoms with E-state index < -0.39 is 0 Å². The summed E-state index contributed by atoms with van der Waals surface area (Å²) >= 11 is 0. The number of hydrogen-bond donors (Lipinski definition) is 0. The maximum Gasteiger partial charge on any atom is 0.302 e. The van der Waals surface area contributed by atoms with Gasteiger partial charge < -0.3 is 4.74 Å². The maximum absolute atomic E-state index is 9.82. The fraction of sp³-hybridized carbons (Fsp3) is 0.750. The van der Waals surface area contributed by atoms with Crippen molar-refractivity contribution in [2.45, 2.75) is 13.8 Å². The Morgan fingerprint density at radius 3 is 2.14 bits per heavy atom. The first-order chi connectivity index (χ1) is 2.77. The van der Waals surface area contributed by atoms with Gasteiger partial charge in [0.2, 0.25) is 0 Å². The van der Waals surface area contributed by atoms with Crippen molar-refractivity contribution < 1.29 is 9.53 Å². The van der Waals surface area contributed by atoms with Gasteiger partial charge >= 0.3 is 5.97 Å². The summed E-state index contributed by atoms with van der Waals surface area (Å²) in [5, 5.41) is 0. The van der Waals surface area contributed by atoms with Gasteiger partial charge in [-0.3, -0.25) is 4.79 Å². The van der Waals surface area contributed by atoms with Crippen molar-refractivity contribution in [2.75, 3.05) is 6.61 Å². The van der Waals surface area contributed by atoms with Crippen molar-refractivity contribution >= 4 is 23.0 Å². The molecule has 0 N–H and O–H groups in total. The minimum Gasteiger partial charge on any atom is -0.466 e. The molecule has 0 bridgehead atoms. The molecule has 0 amide bonds. The molecular weight excluding hydrogens is 160 g/mol. The third-order valence-corrected chi connectivity index (χ3v) is 0.348. The zero-order chi connectivity index (χ0) is 4.99. The van der Waals surface area contributed by atoms with Gasteiger partial charge in [0.15, 0.2) is 0 Å². The second kappa shape index (κ2) is 5.95. The van der Waals surface area contributed by atoms with E-state index in [0.29, 0.717) is 6.61 Å². The van der Waals surface area contributed by atoms with Crippen LogP contribution in [0.15, 0.2) is 0 Å². The third kappa shape index (κ3) is 10.7. The molecule has 0 aromatic rings. The van der Waals surface area contributed by atoms with Crippen LogP contribution in [0.3, 0.4) is 0 Å². The highest BCUT2D eigenvalue weighted by Gasteiger charge is 1.81. The first-order valence-corrected chi connectivity index (χ1v) is 1.90. The summed E-state index contributed by atoms with van der Waals surface area (Å²) in [5.74, 6) is -0.211. The number of esters is 1. The predicted molar refractivity (Wildman–Crippen MR) is 32.6 cm³/mol. The molecule has 0 saturated heterocycles. The monoisotopic (exact) mass is 168 g/mol.